The highest BCUT2D eigenvalue weighted by Crippen LogP contribution is 2.33. The zero-order valence-electron chi connectivity index (χ0n) is 16.4. The van der Waals surface area contributed by atoms with Crippen molar-refractivity contribution in [2.75, 3.05) is 5.32 Å². The maximum absolute atomic E-state index is 13.1. The standard InChI is InChI=1S/C25H14ClNO5/c26-15-11-9-14(10-12-15)23(29)24-22(17-6-2-4-8-20(17)32-24)27-25(30)21-13-18(28)16-5-1-3-7-19(16)31-21/h1-13H,(H,27,30). The van der Waals surface area contributed by atoms with Gasteiger partial charge < -0.3 is 14.2 Å². The minimum absolute atomic E-state index is 0.0370. The van der Waals surface area contributed by atoms with E-state index >= 15 is 0 Å². The summed E-state index contributed by atoms with van der Waals surface area (Å²) in [6.45, 7) is 0. The lowest BCUT2D eigenvalue weighted by Gasteiger charge is -2.06. The van der Waals surface area contributed by atoms with Gasteiger partial charge in [0.2, 0.25) is 5.78 Å². The van der Waals surface area contributed by atoms with E-state index in [0.29, 0.717) is 32.5 Å². The zero-order valence-corrected chi connectivity index (χ0v) is 17.2. The van der Waals surface area contributed by atoms with Gasteiger partial charge in [-0.25, -0.2) is 0 Å². The van der Waals surface area contributed by atoms with E-state index in [0.717, 1.165) is 6.07 Å². The van der Waals surface area contributed by atoms with Crippen LogP contribution in [0.15, 0.2) is 92.5 Å². The second-order valence-corrected chi connectivity index (χ2v) is 7.50. The van der Waals surface area contributed by atoms with Crippen LogP contribution in [-0.4, -0.2) is 11.7 Å². The number of fused-ring (bicyclic) bond motifs is 2. The zero-order chi connectivity index (χ0) is 22.2. The Balaban J connectivity index is 1.59. The number of hydrogen-bond acceptors (Lipinski definition) is 5. The highest BCUT2D eigenvalue weighted by molar-refractivity contribution is 6.30. The van der Waals surface area contributed by atoms with Gasteiger partial charge in [0.15, 0.2) is 16.9 Å². The first-order chi connectivity index (χ1) is 15.5. The topological polar surface area (TPSA) is 89.5 Å². The van der Waals surface area contributed by atoms with Crippen LogP contribution in [0.3, 0.4) is 0 Å². The van der Waals surface area contributed by atoms with E-state index in [9.17, 15) is 14.4 Å². The van der Waals surface area contributed by atoms with Crippen LogP contribution in [0.1, 0.15) is 26.7 Å². The molecule has 7 heteroatoms. The molecule has 0 atom stereocenters. The number of benzene rings is 3. The first kappa shape index (κ1) is 19.8. The van der Waals surface area contributed by atoms with Crippen LogP contribution < -0.4 is 10.7 Å². The summed E-state index contributed by atoms with van der Waals surface area (Å²) >= 11 is 5.92. The van der Waals surface area contributed by atoms with Gasteiger partial charge in [-0.2, -0.15) is 0 Å². The van der Waals surface area contributed by atoms with Gasteiger partial charge in [-0.3, -0.25) is 14.4 Å². The molecule has 0 spiro atoms. The number of carbonyl (C=O) groups excluding carboxylic acids is 2. The number of para-hydroxylation sites is 2. The second kappa shape index (κ2) is 7.83. The van der Waals surface area contributed by atoms with Crippen LogP contribution in [0, 0.1) is 0 Å². The van der Waals surface area contributed by atoms with E-state index in [2.05, 4.69) is 5.32 Å². The molecule has 1 amide bonds. The Morgan fingerprint density at radius 3 is 2.12 bits per heavy atom. The van der Waals surface area contributed by atoms with Crippen molar-refractivity contribution in [1.82, 2.24) is 0 Å². The molecule has 0 saturated heterocycles. The van der Waals surface area contributed by atoms with Crippen LogP contribution in [0.5, 0.6) is 0 Å². The maximum atomic E-state index is 13.1. The quantitative estimate of drug-likeness (QED) is 0.361. The van der Waals surface area contributed by atoms with Crippen LogP contribution in [0.25, 0.3) is 21.9 Å². The molecule has 0 fully saturated rings. The van der Waals surface area contributed by atoms with Crippen molar-refractivity contribution >= 4 is 50.9 Å². The average Bonchev–Trinajstić information content (AvgIpc) is 3.17. The van der Waals surface area contributed by atoms with Gasteiger partial charge in [0.1, 0.15) is 11.2 Å². The largest absolute Gasteiger partial charge is 0.451 e. The molecule has 0 bridgehead atoms. The third-order valence-electron chi connectivity index (χ3n) is 5.01. The molecular formula is C25H14ClNO5. The predicted octanol–water partition coefficient (Wildman–Crippen LogP) is 5.68. The van der Waals surface area contributed by atoms with Gasteiger partial charge in [0, 0.05) is 22.0 Å². The molecule has 2 heterocycles. The minimum atomic E-state index is -0.676. The molecule has 1 N–H and O–H groups in total. The van der Waals surface area contributed by atoms with Gasteiger partial charge in [-0.15, -0.1) is 0 Å². The molecule has 6 nitrogen and oxygen atoms in total. The Morgan fingerprint density at radius 2 is 1.41 bits per heavy atom. The molecule has 0 aliphatic carbocycles. The number of hydrogen-bond donors (Lipinski definition) is 1. The molecule has 5 aromatic rings. The Bertz CT molecular complexity index is 1560. The third kappa shape index (κ3) is 3.46. The number of ketones is 1. The maximum Gasteiger partial charge on any atom is 0.291 e. The fraction of sp³-hybridized carbons (Fsp3) is 0. The number of amides is 1. The number of halogens is 1. The van der Waals surface area contributed by atoms with Crippen molar-refractivity contribution in [3.8, 4) is 0 Å². The molecule has 156 valence electrons. The Kier molecular flexibility index (Phi) is 4.84. The molecule has 3 aromatic carbocycles. The SMILES string of the molecule is O=C(Nc1c(C(=O)c2ccc(Cl)cc2)oc2ccccc12)c1cc(=O)c2ccccc2o1. The molecule has 0 radical (unpaired) electrons. The molecule has 0 saturated carbocycles. The van der Waals surface area contributed by atoms with E-state index in [1.807, 2.05) is 0 Å². The van der Waals surface area contributed by atoms with Crippen molar-refractivity contribution in [2.24, 2.45) is 0 Å². The lowest BCUT2D eigenvalue weighted by atomic mass is 10.1. The molecule has 5 rings (SSSR count). The fourth-order valence-corrected chi connectivity index (χ4v) is 3.58. The summed E-state index contributed by atoms with van der Waals surface area (Å²) in [7, 11) is 0. The van der Waals surface area contributed by atoms with Crippen LogP contribution in [0.2, 0.25) is 5.02 Å². The first-order valence-electron chi connectivity index (χ1n) is 9.67. The van der Waals surface area contributed by atoms with E-state index in [1.165, 1.54) is 0 Å². The van der Waals surface area contributed by atoms with Crippen molar-refractivity contribution in [2.45, 2.75) is 0 Å². The Morgan fingerprint density at radius 1 is 0.781 bits per heavy atom. The van der Waals surface area contributed by atoms with Gasteiger partial charge in [-0.05, 0) is 48.5 Å². The van der Waals surface area contributed by atoms with Crippen LogP contribution in [-0.2, 0) is 0 Å². The lowest BCUT2D eigenvalue weighted by Crippen LogP contribution is -2.16. The van der Waals surface area contributed by atoms with Crippen LogP contribution >= 0.6 is 11.6 Å². The summed E-state index contributed by atoms with van der Waals surface area (Å²) in [6, 6.07) is 21.1. The molecule has 0 aliphatic heterocycles. The van der Waals surface area contributed by atoms with Crippen molar-refractivity contribution in [1.29, 1.82) is 0 Å². The smallest absolute Gasteiger partial charge is 0.291 e. The first-order valence-corrected chi connectivity index (χ1v) is 10.0. The average molecular weight is 444 g/mol. The lowest BCUT2D eigenvalue weighted by molar-refractivity contribution is 0.0997. The molecule has 32 heavy (non-hydrogen) atoms. The Labute approximate surface area is 186 Å². The minimum Gasteiger partial charge on any atom is -0.451 e. The summed E-state index contributed by atoms with van der Waals surface area (Å²) in [5.74, 6) is -1.31. The van der Waals surface area contributed by atoms with Crippen molar-refractivity contribution in [3.05, 3.63) is 111 Å². The van der Waals surface area contributed by atoms with Crippen LogP contribution in [0.4, 0.5) is 5.69 Å². The summed E-state index contributed by atoms with van der Waals surface area (Å²) in [4.78, 5) is 38.5. The number of carbonyl (C=O) groups is 2. The number of furan rings is 1. The number of rotatable bonds is 4. The summed E-state index contributed by atoms with van der Waals surface area (Å²) in [5, 5.41) is 4.10. The molecular weight excluding hydrogens is 430 g/mol. The van der Waals surface area contributed by atoms with E-state index in [1.54, 1.807) is 72.8 Å². The fourth-order valence-electron chi connectivity index (χ4n) is 3.45. The molecule has 0 unspecified atom stereocenters. The highest BCUT2D eigenvalue weighted by Gasteiger charge is 2.24. The van der Waals surface area contributed by atoms with Gasteiger partial charge in [0.05, 0.1) is 11.1 Å². The highest BCUT2D eigenvalue weighted by atomic mass is 35.5. The van der Waals surface area contributed by atoms with E-state index in [-0.39, 0.29) is 22.6 Å². The monoisotopic (exact) mass is 443 g/mol. The number of anilines is 1. The number of nitrogens with one attached hydrogen (secondary N) is 1. The van der Waals surface area contributed by atoms with Crippen molar-refractivity contribution < 1.29 is 18.4 Å². The molecule has 2 aromatic heterocycles. The Hall–Kier alpha value is -4.16. The normalized spacial score (nSPS) is 11.0. The molecule has 0 aliphatic rings. The summed E-state index contributed by atoms with van der Waals surface area (Å²) in [5.41, 5.74) is 0.925. The van der Waals surface area contributed by atoms with Crippen molar-refractivity contribution in [3.63, 3.8) is 0 Å². The van der Waals surface area contributed by atoms with E-state index in [4.69, 9.17) is 20.4 Å². The third-order valence-corrected chi connectivity index (χ3v) is 5.26. The summed E-state index contributed by atoms with van der Waals surface area (Å²) in [6.07, 6.45) is 0. The van der Waals surface area contributed by atoms with Gasteiger partial charge in [0.25, 0.3) is 5.91 Å². The van der Waals surface area contributed by atoms with Gasteiger partial charge >= 0.3 is 0 Å². The van der Waals surface area contributed by atoms with Gasteiger partial charge in [-0.1, -0.05) is 35.9 Å². The summed E-state index contributed by atoms with van der Waals surface area (Å²) < 4.78 is 11.4. The second-order valence-electron chi connectivity index (χ2n) is 7.06. The van der Waals surface area contributed by atoms with E-state index < -0.39 is 11.7 Å². The predicted molar refractivity (Wildman–Crippen MR) is 122 cm³/mol.